The van der Waals surface area contributed by atoms with Gasteiger partial charge in [0.1, 0.15) is 0 Å². The third-order valence-electron chi connectivity index (χ3n) is 5.27. The highest BCUT2D eigenvalue weighted by Gasteiger charge is 2.38. The molecule has 190 valence electrons. The van der Waals surface area contributed by atoms with E-state index in [9.17, 15) is 43.3 Å². The van der Waals surface area contributed by atoms with Crippen molar-refractivity contribution in [3.05, 3.63) is 58.1 Å². The van der Waals surface area contributed by atoms with Crippen LogP contribution in [0.3, 0.4) is 0 Å². The number of ketones is 2. The van der Waals surface area contributed by atoms with Gasteiger partial charge in [-0.2, -0.15) is 16.8 Å². The van der Waals surface area contributed by atoms with Crippen LogP contribution in [0.5, 0.6) is 0 Å². The summed E-state index contributed by atoms with van der Waals surface area (Å²) in [7, 11) is -18.9. The molecule has 1 aliphatic rings. The average molecular weight is 569 g/mol. The van der Waals surface area contributed by atoms with Gasteiger partial charge in [-0.1, -0.05) is 7.42 Å². The lowest BCUT2D eigenvalue weighted by Crippen LogP contribution is -2.34. The summed E-state index contributed by atoms with van der Waals surface area (Å²) in [6, 6.07) is 4.22. The van der Waals surface area contributed by atoms with Gasteiger partial charge < -0.3 is 0 Å². The molecule has 0 aromatic heterocycles. The molecule has 35 heavy (non-hydrogen) atoms. The summed E-state index contributed by atoms with van der Waals surface area (Å²) in [6.07, 6.45) is 0. The minimum atomic E-state index is -5.18. The number of hydrogen-bond acceptors (Lipinski definition) is 10. The van der Waals surface area contributed by atoms with Crippen LogP contribution in [0.25, 0.3) is 0 Å². The summed E-state index contributed by atoms with van der Waals surface area (Å²) in [4.78, 5) is 24.8. The second kappa shape index (κ2) is 8.23. The number of benzene rings is 2. The maximum absolute atomic E-state index is 13.2. The van der Waals surface area contributed by atoms with Crippen LogP contribution in [0.1, 0.15) is 37.4 Å². The van der Waals surface area contributed by atoms with Crippen molar-refractivity contribution >= 4 is 52.2 Å². The van der Waals surface area contributed by atoms with Crippen LogP contribution in [0.4, 0.5) is 0 Å². The molecule has 0 heterocycles. The molecular formula is C17H16N2O12S4. The molecule has 0 radical (unpaired) electrons. The molecule has 0 fully saturated rings. The van der Waals surface area contributed by atoms with E-state index < -0.39 is 73.1 Å². The third-order valence-corrected chi connectivity index (χ3v) is 12.1. The predicted octanol–water partition coefficient (Wildman–Crippen LogP) is -0.383. The Morgan fingerprint density at radius 3 is 1.66 bits per heavy atom. The average Bonchev–Trinajstić information content (AvgIpc) is 2.74. The molecule has 1 aliphatic carbocycles. The fraction of sp³-hybridized carbons (Fsp3) is 0.176. The number of nitrogens with zero attached hydrogens (tertiary/aromatic N) is 2. The van der Waals surface area contributed by atoms with Crippen molar-refractivity contribution in [3.8, 4) is 0 Å². The monoisotopic (exact) mass is 568 g/mol. The molecule has 3 rings (SSSR count). The second-order valence-electron chi connectivity index (χ2n) is 7.20. The fourth-order valence-electron chi connectivity index (χ4n) is 3.34. The van der Waals surface area contributed by atoms with Crippen molar-refractivity contribution in [2.45, 2.75) is 16.7 Å². The number of carbonyl (C=O) groups excluding carboxylic acids is 2. The Morgan fingerprint density at radius 2 is 1.14 bits per heavy atom. The molecule has 2 aromatic rings. The van der Waals surface area contributed by atoms with E-state index in [0.717, 1.165) is 37.3 Å². The van der Waals surface area contributed by atoms with Crippen molar-refractivity contribution < 1.29 is 52.4 Å². The SMILES string of the molecule is Cc1c(S(=O)(=O)N(C)S(=O)(=O)O)ccc2c1C(=O)c1ccc(S(=O)(=O)N(C)S(=O)(=O)O)cc1C2=O. The molecule has 2 aromatic carbocycles. The molecule has 2 N–H and O–H groups in total. The van der Waals surface area contributed by atoms with E-state index in [0.29, 0.717) is 14.1 Å². The van der Waals surface area contributed by atoms with Crippen molar-refractivity contribution in [3.63, 3.8) is 0 Å². The summed E-state index contributed by atoms with van der Waals surface area (Å²) in [5.74, 6) is -1.80. The summed E-state index contributed by atoms with van der Waals surface area (Å²) < 4.78 is 113. The minimum Gasteiger partial charge on any atom is -0.289 e. The fourth-order valence-corrected chi connectivity index (χ4v) is 7.63. The number of hydrogen-bond donors (Lipinski definition) is 2. The summed E-state index contributed by atoms with van der Waals surface area (Å²) in [5.41, 5.74) is -1.79. The quantitative estimate of drug-likeness (QED) is 0.364. The Bertz CT molecular complexity index is 1740. The van der Waals surface area contributed by atoms with Crippen molar-refractivity contribution in [1.29, 1.82) is 0 Å². The topological polar surface area (TPSA) is 218 Å². The smallest absolute Gasteiger partial charge is 0.289 e. The molecule has 18 heteroatoms. The van der Waals surface area contributed by atoms with Crippen LogP contribution in [-0.4, -0.2) is 75.9 Å². The van der Waals surface area contributed by atoms with E-state index in [-0.39, 0.29) is 24.1 Å². The van der Waals surface area contributed by atoms with Gasteiger partial charge in [0.15, 0.2) is 11.6 Å². The maximum Gasteiger partial charge on any atom is 0.349 e. The first-order chi connectivity index (χ1) is 15.7. The predicted molar refractivity (Wildman–Crippen MR) is 117 cm³/mol. The van der Waals surface area contributed by atoms with Gasteiger partial charge in [-0.3, -0.25) is 18.7 Å². The van der Waals surface area contributed by atoms with Crippen molar-refractivity contribution in [2.75, 3.05) is 14.1 Å². The van der Waals surface area contributed by atoms with Crippen LogP contribution < -0.4 is 0 Å². The first kappa shape index (κ1) is 27.0. The van der Waals surface area contributed by atoms with Crippen LogP contribution >= 0.6 is 0 Å². The Balaban J connectivity index is 2.22. The lowest BCUT2D eigenvalue weighted by molar-refractivity contribution is 0.0978. The zero-order valence-corrected chi connectivity index (χ0v) is 21.2. The zero-order chi connectivity index (χ0) is 26.9. The van der Waals surface area contributed by atoms with Gasteiger partial charge in [0.2, 0.25) is 0 Å². The van der Waals surface area contributed by atoms with Crippen molar-refractivity contribution in [2.24, 2.45) is 0 Å². The van der Waals surface area contributed by atoms with Gasteiger partial charge in [-0.25, -0.2) is 16.8 Å². The largest absolute Gasteiger partial charge is 0.349 e. The molecule has 0 spiro atoms. The highest BCUT2D eigenvalue weighted by Crippen LogP contribution is 2.34. The van der Waals surface area contributed by atoms with Crippen LogP contribution in [0.15, 0.2) is 40.1 Å². The van der Waals surface area contributed by atoms with Gasteiger partial charge in [0, 0.05) is 36.3 Å². The maximum atomic E-state index is 13.2. The highest BCUT2D eigenvalue weighted by molar-refractivity contribution is 8.02. The first-order valence-electron chi connectivity index (χ1n) is 9.04. The number of rotatable bonds is 6. The normalized spacial score (nSPS) is 14.8. The highest BCUT2D eigenvalue weighted by atomic mass is 32.3. The number of sulfonamides is 2. The summed E-state index contributed by atoms with van der Waals surface area (Å²) >= 11 is 0. The van der Waals surface area contributed by atoms with Crippen LogP contribution in [0.2, 0.25) is 0 Å². The minimum absolute atomic E-state index is 0.301. The van der Waals surface area contributed by atoms with E-state index in [1.165, 1.54) is 0 Å². The second-order valence-corrected chi connectivity index (χ2v) is 14.5. The van der Waals surface area contributed by atoms with Crippen molar-refractivity contribution in [1.82, 2.24) is 7.42 Å². The first-order valence-corrected chi connectivity index (χ1v) is 14.7. The molecule has 0 saturated carbocycles. The standard InChI is InChI=1S/C17H16N2O12S4/c1-9-14(33(24,25)19(3)35(29,30)31)7-6-12-15(9)17(21)11-5-4-10(8-13(11)16(12)20)32(22,23)18(2)34(26,27)28/h4-8H,1-3H3,(H,26,27,28)(H,29,30,31). The van der Waals surface area contributed by atoms with Gasteiger partial charge in [-0.05, 0) is 42.8 Å². The Morgan fingerprint density at radius 1 is 0.657 bits per heavy atom. The summed E-state index contributed by atoms with van der Waals surface area (Å²) in [6.45, 7) is 1.14. The third kappa shape index (κ3) is 4.31. The number of fused-ring (bicyclic) bond motifs is 2. The number of carbonyl (C=O) groups is 2. The van der Waals surface area contributed by atoms with E-state index in [1.54, 1.807) is 0 Å². The molecule has 0 amide bonds. The molecule has 0 atom stereocenters. The molecule has 0 unspecified atom stereocenters. The van der Waals surface area contributed by atoms with Gasteiger partial charge >= 0.3 is 20.6 Å². The lowest BCUT2D eigenvalue weighted by atomic mass is 9.82. The molecule has 0 saturated heterocycles. The Kier molecular flexibility index (Phi) is 6.36. The molecule has 14 nitrogen and oxygen atoms in total. The van der Waals surface area contributed by atoms with Gasteiger partial charge in [0.25, 0.3) is 20.0 Å². The molecule has 0 bridgehead atoms. The van der Waals surface area contributed by atoms with E-state index in [1.807, 2.05) is 0 Å². The van der Waals surface area contributed by atoms with Gasteiger partial charge in [0.05, 0.1) is 9.79 Å². The zero-order valence-electron chi connectivity index (χ0n) is 17.9. The van der Waals surface area contributed by atoms with E-state index >= 15 is 0 Å². The summed E-state index contributed by atoms with van der Waals surface area (Å²) in [5, 5.41) is 0. The Labute approximate surface area is 200 Å². The van der Waals surface area contributed by atoms with Gasteiger partial charge in [-0.15, -0.1) is 0 Å². The van der Waals surface area contributed by atoms with Crippen LogP contribution in [-0.2, 0) is 40.7 Å². The Hall–Kier alpha value is -2.58. The van der Waals surface area contributed by atoms with Crippen LogP contribution in [0, 0.1) is 6.92 Å². The molecule has 0 aliphatic heterocycles. The van der Waals surface area contributed by atoms with E-state index in [2.05, 4.69) is 0 Å². The molecular weight excluding hydrogens is 552 g/mol. The lowest BCUT2D eigenvalue weighted by Gasteiger charge is -2.23. The van der Waals surface area contributed by atoms with E-state index in [4.69, 9.17) is 9.11 Å².